The van der Waals surface area contributed by atoms with E-state index in [4.69, 9.17) is 0 Å². The molecule has 6 nitrogen and oxygen atoms in total. The van der Waals surface area contributed by atoms with Crippen LogP contribution in [0.5, 0.6) is 0 Å². The zero-order valence-corrected chi connectivity index (χ0v) is 12.7. The van der Waals surface area contributed by atoms with Gasteiger partial charge in [-0.05, 0) is 12.7 Å². The van der Waals surface area contributed by atoms with E-state index in [2.05, 4.69) is 27.5 Å². The molecule has 0 fully saturated rings. The third-order valence-corrected chi connectivity index (χ3v) is 3.03. The summed E-state index contributed by atoms with van der Waals surface area (Å²) in [4.78, 5) is 22.0. The minimum atomic E-state index is -0.0464. The molecule has 0 atom stereocenters. The van der Waals surface area contributed by atoms with E-state index in [9.17, 15) is 4.79 Å². The topological polar surface area (TPSA) is 70.2 Å². The van der Waals surface area contributed by atoms with E-state index in [0.717, 1.165) is 24.6 Å². The quantitative estimate of drug-likeness (QED) is 0.579. The summed E-state index contributed by atoms with van der Waals surface area (Å²) in [6.07, 6.45) is 2.96. The van der Waals surface area contributed by atoms with Gasteiger partial charge in [0.05, 0.1) is 6.54 Å². The molecule has 19 heavy (non-hydrogen) atoms. The molecule has 106 valence electrons. The fourth-order valence-corrected chi connectivity index (χ4v) is 1.79. The van der Waals surface area contributed by atoms with Crippen LogP contribution in [0.15, 0.2) is 11.2 Å². The van der Waals surface area contributed by atoms with Crippen LogP contribution in [-0.4, -0.2) is 49.3 Å². The lowest BCUT2D eigenvalue weighted by atomic mass is 10.4. The first-order chi connectivity index (χ1) is 9.10. The molecule has 2 N–H and O–H groups in total. The number of likely N-dealkylation sites (N-methyl/N-ethyl adjacent to an activating group) is 2. The third-order valence-electron chi connectivity index (χ3n) is 2.48. The first kappa shape index (κ1) is 15.6. The molecule has 0 radical (unpaired) electrons. The lowest BCUT2D eigenvalue weighted by Gasteiger charge is -2.18. The Hall–Kier alpha value is -1.50. The van der Waals surface area contributed by atoms with E-state index in [1.54, 1.807) is 11.9 Å². The molecule has 1 aromatic heterocycles. The van der Waals surface area contributed by atoms with Crippen molar-refractivity contribution in [3.05, 3.63) is 6.07 Å². The molecule has 0 aliphatic heterocycles. The Morgan fingerprint density at radius 2 is 2.21 bits per heavy atom. The van der Waals surface area contributed by atoms with Crippen molar-refractivity contribution in [3.63, 3.8) is 0 Å². The Balaban J connectivity index is 2.88. The van der Waals surface area contributed by atoms with Crippen LogP contribution in [0.1, 0.15) is 13.3 Å². The van der Waals surface area contributed by atoms with Crippen molar-refractivity contribution >= 4 is 29.3 Å². The van der Waals surface area contributed by atoms with Crippen molar-refractivity contribution in [3.8, 4) is 0 Å². The van der Waals surface area contributed by atoms with Crippen LogP contribution in [0.2, 0.25) is 0 Å². The van der Waals surface area contributed by atoms with E-state index in [0.29, 0.717) is 5.16 Å². The summed E-state index contributed by atoms with van der Waals surface area (Å²) in [7, 11) is 3.46. The number of nitrogens with one attached hydrogen (secondary N) is 2. The molecule has 0 spiro atoms. The Bertz CT molecular complexity index is 427. The normalized spacial score (nSPS) is 10.1. The minimum absolute atomic E-state index is 0.0464. The van der Waals surface area contributed by atoms with Gasteiger partial charge in [0.15, 0.2) is 5.16 Å². The van der Waals surface area contributed by atoms with Crippen LogP contribution in [0.3, 0.4) is 0 Å². The number of carbonyl (C=O) groups excluding carboxylic acids is 1. The zero-order chi connectivity index (χ0) is 14.3. The maximum atomic E-state index is 11.4. The van der Waals surface area contributed by atoms with Crippen molar-refractivity contribution in [1.82, 2.24) is 15.3 Å². The van der Waals surface area contributed by atoms with Gasteiger partial charge >= 0.3 is 0 Å². The molecule has 1 amide bonds. The molecular formula is C12H21N5OS. The van der Waals surface area contributed by atoms with Crippen molar-refractivity contribution in [2.75, 3.05) is 43.7 Å². The number of hydrogen-bond acceptors (Lipinski definition) is 6. The average Bonchev–Trinajstić information content (AvgIpc) is 2.44. The molecule has 0 saturated carbocycles. The van der Waals surface area contributed by atoms with Crippen LogP contribution < -0.4 is 15.5 Å². The van der Waals surface area contributed by atoms with Crippen LogP contribution in [0.25, 0.3) is 0 Å². The Morgan fingerprint density at radius 1 is 1.47 bits per heavy atom. The summed E-state index contributed by atoms with van der Waals surface area (Å²) >= 11 is 1.48. The molecular weight excluding hydrogens is 262 g/mol. The van der Waals surface area contributed by atoms with Crippen LogP contribution >= 0.6 is 11.8 Å². The van der Waals surface area contributed by atoms with Gasteiger partial charge < -0.3 is 15.5 Å². The number of carbonyl (C=O) groups is 1. The summed E-state index contributed by atoms with van der Waals surface area (Å²) < 4.78 is 0. The highest BCUT2D eigenvalue weighted by atomic mass is 32.2. The standard InChI is InChI=1S/C12H21N5OS/c1-5-6-14-9-7-10(16-12(15-9)19-4)17(3)8-11(18)13-2/h7H,5-6,8H2,1-4H3,(H,13,18)(H,14,15,16). The number of hydrogen-bond donors (Lipinski definition) is 2. The molecule has 0 aromatic carbocycles. The molecule has 0 bridgehead atoms. The number of thioether (sulfide) groups is 1. The Morgan fingerprint density at radius 3 is 2.79 bits per heavy atom. The first-order valence-corrected chi connectivity index (χ1v) is 7.41. The predicted molar refractivity (Wildman–Crippen MR) is 79.9 cm³/mol. The third kappa shape index (κ3) is 4.94. The Labute approximate surface area is 118 Å². The smallest absolute Gasteiger partial charge is 0.239 e. The Kier molecular flexibility index (Phi) is 6.41. The summed E-state index contributed by atoms with van der Waals surface area (Å²) in [6.45, 7) is 3.24. The van der Waals surface area contributed by atoms with E-state index in [-0.39, 0.29) is 12.5 Å². The summed E-state index contributed by atoms with van der Waals surface area (Å²) in [5, 5.41) is 6.53. The number of aromatic nitrogens is 2. The van der Waals surface area contributed by atoms with Crippen molar-refractivity contribution in [2.24, 2.45) is 0 Å². The summed E-state index contributed by atoms with van der Waals surface area (Å²) in [5.41, 5.74) is 0. The molecule has 0 saturated heterocycles. The van der Waals surface area contributed by atoms with E-state index >= 15 is 0 Å². The average molecular weight is 283 g/mol. The van der Waals surface area contributed by atoms with Gasteiger partial charge in [-0.15, -0.1) is 0 Å². The summed E-state index contributed by atoms with van der Waals surface area (Å²) in [6, 6.07) is 1.86. The largest absolute Gasteiger partial charge is 0.370 e. The molecule has 0 aliphatic carbocycles. The van der Waals surface area contributed by atoms with Gasteiger partial charge in [-0.1, -0.05) is 18.7 Å². The van der Waals surface area contributed by atoms with E-state index in [1.807, 2.05) is 19.4 Å². The van der Waals surface area contributed by atoms with Gasteiger partial charge in [-0.25, -0.2) is 9.97 Å². The second-order valence-electron chi connectivity index (χ2n) is 4.05. The van der Waals surface area contributed by atoms with Crippen LogP contribution in [0, 0.1) is 0 Å². The molecule has 1 aromatic rings. The zero-order valence-electron chi connectivity index (χ0n) is 11.9. The highest BCUT2D eigenvalue weighted by molar-refractivity contribution is 7.98. The van der Waals surface area contributed by atoms with Gasteiger partial charge in [-0.3, -0.25) is 4.79 Å². The van der Waals surface area contributed by atoms with Crippen molar-refractivity contribution in [2.45, 2.75) is 18.5 Å². The number of anilines is 2. The molecule has 1 rings (SSSR count). The fourth-order valence-electron chi connectivity index (χ4n) is 1.42. The van der Waals surface area contributed by atoms with Crippen molar-refractivity contribution in [1.29, 1.82) is 0 Å². The monoisotopic (exact) mass is 283 g/mol. The maximum absolute atomic E-state index is 11.4. The van der Waals surface area contributed by atoms with E-state index in [1.165, 1.54) is 11.8 Å². The van der Waals surface area contributed by atoms with Crippen LogP contribution in [0.4, 0.5) is 11.6 Å². The van der Waals surface area contributed by atoms with Gasteiger partial charge in [-0.2, -0.15) is 0 Å². The lowest BCUT2D eigenvalue weighted by Crippen LogP contribution is -2.33. The van der Waals surface area contributed by atoms with Gasteiger partial charge in [0.1, 0.15) is 11.6 Å². The van der Waals surface area contributed by atoms with Gasteiger partial charge in [0.25, 0.3) is 0 Å². The van der Waals surface area contributed by atoms with Gasteiger partial charge in [0, 0.05) is 26.7 Å². The maximum Gasteiger partial charge on any atom is 0.239 e. The fraction of sp³-hybridized carbons (Fsp3) is 0.583. The predicted octanol–water partition coefficient (Wildman–Crippen LogP) is 1.20. The number of nitrogens with zero attached hydrogens (tertiary/aromatic N) is 3. The lowest BCUT2D eigenvalue weighted by molar-refractivity contribution is -0.119. The highest BCUT2D eigenvalue weighted by Crippen LogP contribution is 2.19. The SMILES string of the molecule is CCCNc1cc(N(C)CC(=O)NC)nc(SC)n1. The molecule has 0 aliphatic rings. The minimum Gasteiger partial charge on any atom is -0.370 e. The summed E-state index contributed by atoms with van der Waals surface area (Å²) in [5.74, 6) is 1.48. The van der Waals surface area contributed by atoms with Crippen LogP contribution in [-0.2, 0) is 4.79 Å². The molecule has 7 heteroatoms. The van der Waals surface area contributed by atoms with E-state index < -0.39 is 0 Å². The highest BCUT2D eigenvalue weighted by Gasteiger charge is 2.10. The number of amides is 1. The molecule has 0 unspecified atom stereocenters. The second-order valence-corrected chi connectivity index (χ2v) is 4.83. The first-order valence-electron chi connectivity index (χ1n) is 6.19. The van der Waals surface area contributed by atoms with Gasteiger partial charge in [0.2, 0.25) is 5.91 Å². The molecule has 1 heterocycles. The number of rotatable bonds is 7. The second kappa shape index (κ2) is 7.83. The van der Waals surface area contributed by atoms with Crippen molar-refractivity contribution < 1.29 is 4.79 Å².